The van der Waals surface area contributed by atoms with Gasteiger partial charge in [-0.2, -0.15) is 0 Å². The van der Waals surface area contributed by atoms with E-state index in [9.17, 15) is 0 Å². The van der Waals surface area contributed by atoms with E-state index in [1.807, 2.05) is 25.1 Å². The molecule has 0 saturated carbocycles. The van der Waals surface area contributed by atoms with Gasteiger partial charge in [-0.3, -0.25) is 0 Å². The molecule has 3 aliphatic rings. The van der Waals surface area contributed by atoms with Gasteiger partial charge in [-0.25, -0.2) is 0 Å². The molecule has 0 unspecified atom stereocenters. The Morgan fingerprint density at radius 1 is 1.06 bits per heavy atom. The highest BCUT2D eigenvalue weighted by Gasteiger charge is 2.51. The number of benzene rings is 1. The van der Waals surface area contributed by atoms with Crippen LogP contribution in [0, 0.1) is 0 Å². The molecule has 0 spiro atoms. The molecule has 16 heavy (non-hydrogen) atoms. The SMILES string of the molecule is CC12OCC(c3ccccc3Br)(CO1)CO2. The van der Waals surface area contributed by atoms with Crippen LogP contribution >= 0.6 is 15.9 Å². The van der Waals surface area contributed by atoms with Crippen molar-refractivity contribution in [2.45, 2.75) is 18.3 Å². The molecule has 2 bridgehead atoms. The maximum absolute atomic E-state index is 5.61. The average molecular weight is 285 g/mol. The predicted octanol–water partition coefficient (Wildman–Crippen LogP) is 2.44. The summed E-state index contributed by atoms with van der Waals surface area (Å²) in [6.07, 6.45) is 0. The number of hydrogen-bond donors (Lipinski definition) is 0. The lowest BCUT2D eigenvalue weighted by molar-refractivity contribution is -0.445. The van der Waals surface area contributed by atoms with Crippen LogP contribution in [0.3, 0.4) is 0 Å². The fraction of sp³-hybridized carbons (Fsp3) is 0.500. The Kier molecular flexibility index (Phi) is 2.37. The minimum absolute atomic E-state index is 0.169. The molecule has 1 aromatic carbocycles. The van der Waals surface area contributed by atoms with E-state index in [1.165, 1.54) is 5.56 Å². The normalized spacial score (nSPS) is 37.6. The van der Waals surface area contributed by atoms with Crippen LogP contribution in [-0.2, 0) is 19.6 Å². The molecule has 3 saturated heterocycles. The summed E-state index contributed by atoms with van der Waals surface area (Å²) in [7, 11) is 0. The fourth-order valence-corrected chi connectivity index (χ4v) is 2.89. The van der Waals surface area contributed by atoms with Crippen LogP contribution in [0.4, 0.5) is 0 Å². The van der Waals surface area contributed by atoms with Crippen LogP contribution in [0.15, 0.2) is 28.7 Å². The maximum atomic E-state index is 5.61. The molecule has 0 amide bonds. The second kappa shape index (κ2) is 3.53. The van der Waals surface area contributed by atoms with Crippen LogP contribution in [0.5, 0.6) is 0 Å². The monoisotopic (exact) mass is 284 g/mol. The second-order valence-corrected chi connectivity index (χ2v) is 5.34. The van der Waals surface area contributed by atoms with E-state index in [-0.39, 0.29) is 5.41 Å². The Balaban J connectivity index is 1.99. The van der Waals surface area contributed by atoms with Crippen molar-refractivity contribution < 1.29 is 14.2 Å². The molecule has 3 fully saturated rings. The van der Waals surface area contributed by atoms with Gasteiger partial charge in [0.05, 0.1) is 25.2 Å². The molecule has 0 aliphatic carbocycles. The van der Waals surface area contributed by atoms with Crippen molar-refractivity contribution in [2.75, 3.05) is 19.8 Å². The van der Waals surface area contributed by atoms with Crippen molar-refractivity contribution in [3.63, 3.8) is 0 Å². The van der Waals surface area contributed by atoms with Crippen molar-refractivity contribution in [3.8, 4) is 0 Å². The third-order valence-corrected chi connectivity index (χ3v) is 3.97. The largest absolute Gasteiger partial charge is 0.327 e. The first-order valence-electron chi connectivity index (χ1n) is 5.31. The van der Waals surface area contributed by atoms with Crippen molar-refractivity contribution in [2.24, 2.45) is 0 Å². The number of rotatable bonds is 1. The zero-order valence-corrected chi connectivity index (χ0v) is 10.6. The zero-order valence-electron chi connectivity index (χ0n) is 9.03. The first kappa shape index (κ1) is 10.7. The highest BCUT2D eigenvalue weighted by molar-refractivity contribution is 9.10. The van der Waals surface area contributed by atoms with E-state index in [0.29, 0.717) is 19.8 Å². The molecule has 4 heteroatoms. The van der Waals surface area contributed by atoms with Gasteiger partial charge in [0.2, 0.25) is 0 Å². The summed E-state index contributed by atoms with van der Waals surface area (Å²) in [5, 5.41) is 0. The van der Waals surface area contributed by atoms with Crippen molar-refractivity contribution in [1.29, 1.82) is 0 Å². The summed E-state index contributed by atoms with van der Waals surface area (Å²) < 4.78 is 17.9. The van der Waals surface area contributed by atoms with Gasteiger partial charge in [-0.05, 0) is 11.6 Å². The Bertz CT molecular complexity index is 394. The molecule has 0 radical (unpaired) electrons. The molecular formula is C12H13BrO3. The van der Waals surface area contributed by atoms with E-state index < -0.39 is 5.97 Å². The van der Waals surface area contributed by atoms with Crippen LogP contribution < -0.4 is 0 Å². The standard InChI is InChI=1S/C12H13BrO3/c1-11-14-6-12(7-15-11,8-16-11)9-4-2-3-5-10(9)13/h2-5H,6-8H2,1H3. The fourth-order valence-electron chi connectivity index (χ4n) is 2.18. The molecule has 4 rings (SSSR count). The Morgan fingerprint density at radius 3 is 2.19 bits per heavy atom. The zero-order chi connectivity index (χ0) is 11.2. The van der Waals surface area contributed by atoms with E-state index in [1.54, 1.807) is 0 Å². The van der Waals surface area contributed by atoms with Crippen molar-refractivity contribution in [3.05, 3.63) is 34.3 Å². The number of ether oxygens (including phenoxy) is 3. The summed E-state index contributed by atoms with van der Waals surface area (Å²) in [5.74, 6) is -0.830. The number of fused-ring (bicyclic) bond motifs is 3. The first-order chi connectivity index (χ1) is 7.64. The van der Waals surface area contributed by atoms with Gasteiger partial charge in [-0.15, -0.1) is 0 Å². The van der Waals surface area contributed by atoms with Crippen molar-refractivity contribution >= 4 is 15.9 Å². The van der Waals surface area contributed by atoms with Crippen LogP contribution in [0.2, 0.25) is 0 Å². The summed E-state index contributed by atoms with van der Waals surface area (Å²) in [4.78, 5) is 0. The molecule has 0 aromatic heterocycles. The molecule has 3 nitrogen and oxygen atoms in total. The Hall–Kier alpha value is -0.420. The lowest BCUT2D eigenvalue weighted by atomic mass is 9.81. The number of halogens is 1. The van der Waals surface area contributed by atoms with E-state index in [2.05, 4.69) is 22.0 Å². The van der Waals surface area contributed by atoms with Gasteiger partial charge in [0.15, 0.2) is 0 Å². The molecule has 0 N–H and O–H groups in total. The average Bonchev–Trinajstić information content (AvgIpc) is 2.31. The molecule has 3 heterocycles. The van der Waals surface area contributed by atoms with Gasteiger partial charge in [0.1, 0.15) is 0 Å². The highest BCUT2D eigenvalue weighted by atomic mass is 79.9. The van der Waals surface area contributed by atoms with E-state index in [4.69, 9.17) is 14.2 Å². The van der Waals surface area contributed by atoms with E-state index in [0.717, 1.165) is 4.47 Å². The molecule has 3 aliphatic heterocycles. The lowest BCUT2D eigenvalue weighted by Crippen LogP contribution is -2.60. The third-order valence-electron chi connectivity index (χ3n) is 3.28. The van der Waals surface area contributed by atoms with Gasteiger partial charge in [0, 0.05) is 11.4 Å². The molecule has 86 valence electrons. The van der Waals surface area contributed by atoms with Crippen LogP contribution in [0.1, 0.15) is 12.5 Å². The lowest BCUT2D eigenvalue weighted by Gasteiger charge is -2.50. The van der Waals surface area contributed by atoms with Gasteiger partial charge in [0.25, 0.3) is 5.97 Å². The summed E-state index contributed by atoms with van der Waals surface area (Å²) in [6.45, 7) is 3.75. The Labute approximate surface area is 103 Å². The quantitative estimate of drug-likeness (QED) is 0.793. The van der Waals surface area contributed by atoms with Gasteiger partial charge in [-0.1, -0.05) is 34.1 Å². The van der Waals surface area contributed by atoms with Crippen LogP contribution in [-0.4, -0.2) is 25.8 Å². The summed E-state index contributed by atoms with van der Waals surface area (Å²) >= 11 is 3.57. The number of hydrogen-bond acceptors (Lipinski definition) is 3. The second-order valence-electron chi connectivity index (χ2n) is 4.49. The summed E-state index contributed by atoms with van der Waals surface area (Å²) in [5.41, 5.74) is 1.02. The van der Waals surface area contributed by atoms with Crippen LogP contribution in [0.25, 0.3) is 0 Å². The molecule has 0 atom stereocenters. The Morgan fingerprint density at radius 2 is 1.62 bits per heavy atom. The maximum Gasteiger partial charge on any atom is 0.279 e. The predicted molar refractivity (Wildman–Crippen MR) is 62.1 cm³/mol. The molecular weight excluding hydrogens is 272 g/mol. The summed E-state index contributed by atoms with van der Waals surface area (Å²) in [6, 6.07) is 8.15. The van der Waals surface area contributed by atoms with Gasteiger partial charge >= 0.3 is 0 Å². The smallest absolute Gasteiger partial charge is 0.279 e. The minimum Gasteiger partial charge on any atom is -0.327 e. The molecule has 1 aromatic rings. The first-order valence-corrected chi connectivity index (χ1v) is 6.10. The van der Waals surface area contributed by atoms with E-state index >= 15 is 0 Å². The third kappa shape index (κ3) is 1.52. The van der Waals surface area contributed by atoms with Crippen molar-refractivity contribution in [1.82, 2.24) is 0 Å². The topological polar surface area (TPSA) is 27.7 Å². The minimum atomic E-state index is -0.830. The highest BCUT2D eigenvalue weighted by Crippen LogP contribution is 2.42. The van der Waals surface area contributed by atoms with Gasteiger partial charge < -0.3 is 14.2 Å².